The molecular formula is C9H12O3S2Si. The minimum atomic E-state index is -2.78. The van der Waals surface area contributed by atoms with Crippen molar-refractivity contribution in [3.8, 4) is 0 Å². The number of rotatable bonds is 6. The van der Waals surface area contributed by atoms with Crippen LogP contribution in [0.3, 0.4) is 0 Å². The fraction of sp³-hybridized carbons (Fsp3) is 0.333. The van der Waals surface area contributed by atoms with E-state index in [1.165, 1.54) is 0 Å². The van der Waals surface area contributed by atoms with E-state index < -0.39 is 8.77 Å². The highest BCUT2D eigenvalue weighted by molar-refractivity contribution is 8.30. The van der Waals surface area contributed by atoms with Gasteiger partial charge >= 0.3 is 0 Å². The zero-order valence-corrected chi connectivity index (χ0v) is 11.0. The SMILES string of the molecule is CCO[Si]COS(=O)(=S)c1ccccc1. The number of benzene rings is 1. The number of hydrogen-bond acceptors (Lipinski definition) is 4. The van der Waals surface area contributed by atoms with Gasteiger partial charge in [0.05, 0.1) is 11.1 Å². The molecule has 15 heavy (non-hydrogen) atoms. The molecule has 0 bridgehead atoms. The predicted octanol–water partition coefficient (Wildman–Crippen LogP) is 1.34. The first kappa shape index (κ1) is 12.8. The molecule has 0 heterocycles. The van der Waals surface area contributed by atoms with E-state index in [1.807, 2.05) is 13.0 Å². The summed E-state index contributed by atoms with van der Waals surface area (Å²) in [7, 11) is -2.60. The maximum absolute atomic E-state index is 11.9. The van der Waals surface area contributed by atoms with Crippen molar-refractivity contribution in [3.63, 3.8) is 0 Å². The van der Waals surface area contributed by atoms with Crippen molar-refractivity contribution >= 4 is 29.7 Å². The number of hydrogen-bond donors (Lipinski definition) is 0. The van der Waals surface area contributed by atoms with Crippen molar-refractivity contribution < 1.29 is 12.8 Å². The second-order valence-corrected chi connectivity index (χ2v) is 6.40. The van der Waals surface area contributed by atoms with Crippen LogP contribution < -0.4 is 0 Å². The Hall–Kier alpha value is -0.273. The van der Waals surface area contributed by atoms with Gasteiger partial charge in [-0.25, -0.2) is 4.21 Å². The average molecular weight is 260 g/mol. The Morgan fingerprint density at radius 3 is 2.67 bits per heavy atom. The Kier molecular flexibility index (Phi) is 5.41. The van der Waals surface area contributed by atoms with Crippen molar-refractivity contribution in [2.45, 2.75) is 11.8 Å². The Balaban J connectivity index is 2.53. The van der Waals surface area contributed by atoms with Crippen LogP contribution in [0.25, 0.3) is 0 Å². The summed E-state index contributed by atoms with van der Waals surface area (Å²) >= 11 is 4.91. The molecule has 3 nitrogen and oxygen atoms in total. The van der Waals surface area contributed by atoms with Crippen molar-refractivity contribution in [2.75, 3.05) is 12.8 Å². The Labute approximate surface area is 97.6 Å². The van der Waals surface area contributed by atoms with Gasteiger partial charge in [0.25, 0.3) is 9.76 Å². The molecule has 0 amide bonds. The third kappa shape index (κ3) is 4.39. The summed E-state index contributed by atoms with van der Waals surface area (Å²) in [5.41, 5.74) is 0. The lowest BCUT2D eigenvalue weighted by Crippen LogP contribution is -2.13. The van der Waals surface area contributed by atoms with Crippen LogP contribution in [0.2, 0.25) is 0 Å². The van der Waals surface area contributed by atoms with E-state index in [0.717, 1.165) is 0 Å². The highest BCUT2D eigenvalue weighted by Gasteiger charge is 2.09. The molecule has 1 aromatic rings. The summed E-state index contributed by atoms with van der Waals surface area (Å²) in [6.07, 6.45) is 0.283. The van der Waals surface area contributed by atoms with Crippen molar-refractivity contribution in [1.29, 1.82) is 0 Å². The minimum absolute atomic E-state index is 0.183. The third-order valence-corrected chi connectivity index (χ3v) is 4.66. The molecule has 0 saturated carbocycles. The summed E-state index contributed by atoms with van der Waals surface area (Å²) in [6, 6.07) is 8.83. The second-order valence-electron chi connectivity index (χ2n) is 2.61. The lowest BCUT2D eigenvalue weighted by Gasteiger charge is -2.07. The first-order chi connectivity index (χ1) is 7.17. The van der Waals surface area contributed by atoms with E-state index in [0.29, 0.717) is 11.5 Å². The van der Waals surface area contributed by atoms with Gasteiger partial charge in [-0.05, 0) is 19.1 Å². The third-order valence-electron chi connectivity index (χ3n) is 1.55. The molecule has 0 aromatic heterocycles. The Bertz CT molecular complexity index is 378. The molecule has 0 aliphatic rings. The lowest BCUT2D eigenvalue weighted by molar-refractivity contribution is 0.325. The molecule has 1 aromatic carbocycles. The average Bonchev–Trinajstić information content (AvgIpc) is 2.26. The van der Waals surface area contributed by atoms with Crippen molar-refractivity contribution in [3.05, 3.63) is 30.3 Å². The van der Waals surface area contributed by atoms with Gasteiger partial charge in [0.1, 0.15) is 0 Å². The van der Waals surface area contributed by atoms with Crippen molar-refractivity contribution in [2.24, 2.45) is 0 Å². The van der Waals surface area contributed by atoms with Gasteiger partial charge in [-0.15, -0.1) is 0 Å². The van der Waals surface area contributed by atoms with Crippen LogP contribution in [0, 0.1) is 0 Å². The highest BCUT2D eigenvalue weighted by Crippen LogP contribution is 2.11. The predicted molar refractivity (Wildman–Crippen MR) is 63.5 cm³/mol. The van der Waals surface area contributed by atoms with Crippen LogP contribution in [-0.4, -0.2) is 26.8 Å². The van der Waals surface area contributed by atoms with Gasteiger partial charge < -0.3 is 4.43 Å². The van der Waals surface area contributed by atoms with Crippen LogP contribution in [0.15, 0.2) is 35.2 Å². The summed E-state index contributed by atoms with van der Waals surface area (Å²) in [6.45, 7) is 2.53. The molecule has 2 radical (unpaired) electrons. The monoisotopic (exact) mass is 260 g/mol. The van der Waals surface area contributed by atoms with Crippen LogP contribution in [0.1, 0.15) is 6.92 Å². The first-order valence-corrected chi connectivity index (χ1v) is 7.98. The zero-order valence-electron chi connectivity index (χ0n) is 8.34. The first-order valence-electron chi connectivity index (χ1n) is 4.46. The quantitative estimate of drug-likeness (QED) is 0.571. The maximum Gasteiger partial charge on any atom is 0.259 e. The maximum atomic E-state index is 11.9. The van der Waals surface area contributed by atoms with Gasteiger partial charge in [0.2, 0.25) is 0 Å². The molecule has 0 aliphatic heterocycles. The fourth-order valence-electron chi connectivity index (χ4n) is 0.901. The molecule has 82 valence electrons. The topological polar surface area (TPSA) is 35.5 Å². The van der Waals surface area contributed by atoms with E-state index in [4.69, 9.17) is 19.8 Å². The standard InChI is InChI=1S/C9H12O3S2Si/c1-2-12-15-8-11-14(10,13)9-6-4-3-5-7-9/h3-7H,2,8H2,1H3. The van der Waals surface area contributed by atoms with Gasteiger partial charge in [0, 0.05) is 17.8 Å². The summed E-state index contributed by atoms with van der Waals surface area (Å²) in [5, 5.41) is 0. The van der Waals surface area contributed by atoms with E-state index in [9.17, 15) is 4.21 Å². The molecule has 0 N–H and O–H groups in total. The smallest absolute Gasteiger partial charge is 0.259 e. The molecule has 0 fully saturated rings. The van der Waals surface area contributed by atoms with Crippen molar-refractivity contribution in [1.82, 2.24) is 0 Å². The summed E-state index contributed by atoms with van der Waals surface area (Å²) in [5.74, 6) is 0. The molecule has 0 spiro atoms. The molecule has 1 unspecified atom stereocenters. The van der Waals surface area contributed by atoms with Gasteiger partial charge in [-0.1, -0.05) is 18.2 Å². The van der Waals surface area contributed by atoms with Gasteiger partial charge in [0.15, 0.2) is 8.77 Å². The molecule has 1 atom stereocenters. The molecule has 6 heteroatoms. The van der Waals surface area contributed by atoms with E-state index in [1.54, 1.807) is 24.3 Å². The highest BCUT2D eigenvalue weighted by atomic mass is 32.8. The minimum Gasteiger partial charge on any atom is -0.415 e. The van der Waals surface area contributed by atoms with E-state index in [2.05, 4.69) is 0 Å². The van der Waals surface area contributed by atoms with E-state index in [-0.39, 0.29) is 16.0 Å². The van der Waals surface area contributed by atoms with Crippen LogP contribution >= 0.6 is 0 Å². The van der Waals surface area contributed by atoms with Crippen LogP contribution in [0.5, 0.6) is 0 Å². The lowest BCUT2D eigenvalue weighted by atomic mass is 10.4. The van der Waals surface area contributed by atoms with Gasteiger partial charge in [-0.2, -0.15) is 0 Å². The molecule has 0 saturated heterocycles. The second kappa shape index (κ2) is 6.34. The van der Waals surface area contributed by atoms with Gasteiger partial charge in [-0.3, -0.25) is 4.18 Å². The largest absolute Gasteiger partial charge is 0.415 e. The zero-order chi connectivity index (χ0) is 11.1. The Morgan fingerprint density at radius 1 is 1.40 bits per heavy atom. The Morgan fingerprint density at radius 2 is 2.07 bits per heavy atom. The summed E-state index contributed by atoms with van der Waals surface area (Å²) in [4.78, 5) is 0.543. The molecular weight excluding hydrogens is 248 g/mol. The molecule has 0 aliphatic carbocycles. The van der Waals surface area contributed by atoms with Crippen LogP contribution in [-0.2, 0) is 28.6 Å². The fourth-order valence-corrected chi connectivity index (χ4v) is 3.39. The van der Waals surface area contributed by atoms with E-state index >= 15 is 0 Å². The normalized spacial score (nSPS) is 14.7. The van der Waals surface area contributed by atoms with Crippen LogP contribution in [0.4, 0.5) is 0 Å². The summed E-state index contributed by atoms with van der Waals surface area (Å²) < 4.78 is 22.1. The molecule has 1 rings (SSSR count).